The zero-order chi connectivity index (χ0) is 43.8. The van der Waals surface area contributed by atoms with E-state index >= 15 is 0 Å². The van der Waals surface area contributed by atoms with Gasteiger partial charge >= 0.3 is 0 Å². The summed E-state index contributed by atoms with van der Waals surface area (Å²) in [6.07, 6.45) is 0. The molecule has 0 aromatic heterocycles. The number of hydrogen-bond acceptors (Lipinski definition) is 1. The molecule has 0 unspecified atom stereocenters. The molecule has 2 aliphatic carbocycles. The van der Waals surface area contributed by atoms with Gasteiger partial charge in [0.1, 0.15) is 0 Å². The largest absolute Gasteiger partial charge is 0.311 e. The first kappa shape index (κ1) is 38.2. The van der Waals surface area contributed by atoms with E-state index in [1.165, 1.54) is 93.9 Å². The lowest BCUT2D eigenvalue weighted by Crippen LogP contribution is -2.29. The molecule has 0 N–H and O–H groups in total. The highest BCUT2D eigenvalue weighted by Gasteiger charge is 2.48. The van der Waals surface area contributed by atoms with Crippen molar-refractivity contribution in [3.05, 3.63) is 305 Å². The topological polar surface area (TPSA) is 3.24 Å². The Hall–Kier alpha value is -8.26. The van der Waals surface area contributed by atoms with Crippen LogP contribution in [0.3, 0.4) is 0 Å². The first-order valence-corrected chi connectivity index (χ1v) is 23.1. The molecule has 0 fully saturated rings. The molecule has 0 spiro atoms. The van der Waals surface area contributed by atoms with Crippen LogP contribution in [0.25, 0.3) is 43.8 Å². The van der Waals surface area contributed by atoms with Crippen molar-refractivity contribution in [1.29, 1.82) is 0 Å². The van der Waals surface area contributed by atoms with Crippen molar-refractivity contribution in [3.63, 3.8) is 0 Å². The number of hydrogen-bond donors (Lipinski definition) is 0. The van der Waals surface area contributed by atoms with Gasteiger partial charge in [0.25, 0.3) is 0 Å². The van der Waals surface area contributed by atoms with Crippen molar-refractivity contribution in [2.24, 2.45) is 0 Å². The van der Waals surface area contributed by atoms with E-state index in [0.717, 1.165) is 17.1 Å². The SMILES string of the molecule is Cc1ccc(N(c2ccc(C3(c4cccc5ccccc45)c4ccccc4-c4ccccc43)cc2)c2ccc(C3(c4cccc5ccccc45)c4ccccc4-c4ccccc43)cc2)cc1. The highest BCUT2D eigenvalue weighted by molar-refractivity contribution is 5.96. The molecule has 0 saturated heterocycles. The maximum atomic E-state index is 2.41. The summed E-state index contributed by atoms with van der Waals surface area (Å²) in [6.45, 7) is 2.16. The molecule has 0 aliphatic heterocycles. The fourth-order valence-corrected chi connectivity index (χ4v) is 12.0. The zero-order valence-corrected chi connectivity index (χ0v) is 36.7. The van der Waals surface area contributed by atoms with Crippen molar-refractivity contribution in [3.8, 4) is 22.3 Å². The molecular formula is C65H45N. The maximum Gasteiger partial charge on any atom is 0.0719 e. The Labute approximate surface area is 386 Å². The molecule has 310 valence electrons. The van der Waals surface area contributed by atoms with Gasteiger partial charge in [-0.3, -0.25) is 0 Å². The molecule has 0 heterocycles. The second kappa shape index (κ2) is 14.9. The van der Waals surface area contributed by atoms with Gasteiger partial charge in [-0.05, 0) is 132 Å². The van der Waals surface area contributed by atoms with Crippen LogP contribution < -0.4 is 4.90 Å². The van der Waals surface area contributed by atoms with Crippen LogP contribution in [0, 0.1) is 6.92 Å². The predicted octanol–water partition coefficient (Wildman–Crippen LogP) is 16.5. The molecule has 1 heteroatoms. The Morgan fingerprint density at radius 3 is 0.924 bits per heavy atom. The summed E-state index contributed by atoms with van der Waals surface area (Å²) >= 11 is 0. The van der Waals surface area contributed by atoms with Crippen LogP contribution in [0.1, 0.15) is 50.1 Å². The van der Waals surface area contributed by atoms with Crippen LogP contribution in [-0.2, 0) is 10.8 Å². The van der Waals surface area contributed by atoms with Crippen molar-refractivity contribution < 1.29 is 0 Å². The van der Waals surface area contributed by atoms with Gasteiger partial charge in [0.15, 0.2) is 0 Å². The molecular weight excluding hydrogens is 795 g/mol. The third-order valence-electron chi connectivity index (χ3n) is 14.7. The van der Waals surface area contributed by atoms with E-state index in [4.69, 9.17) is 0 Å². The van der Waals surface area contributed by atoms with E-state index in [0.29, 0.717) is 0 Å². The van der Waals surface area contributed by atoms with Crippen LogP contribution in [0.5, 0.6) is 0 Å². The fraction of sp³-hybridized carbons (Fsp3) is 0.0462. The van der Waals surface area contributed by atoms with E-state index in [-0.39, 0.29) is 0 Å². The summed E-state index contributed by atoms with van der Waals surface area (Å²) in [4.78, 5) is 2.41. The summed E-state index contributed by atoms with van der Waals surface area (Å²) < 4.78 is 0. The number of benzene rings is 11. The molecule has 0 radical (unpaired) electrons. The molecule has 0 bridgehead atoms. The normalized spacial score (nSPS) is 13.8. The minimum Gasteiger partial charge on any atom is -0.311 e. The Morgan fingerprint density at radius 1 is 0.258 bits per heavy atom. The molecule has 0 amide bonds. The quantitative estimate of drug-likeness (QED) is 0.155. The molecule has 0 atom stereocenters. The van der Waals surface area contributed by atoms with Crippen LogP contribution in [0.4, 0.5) is 17.1 Å². The van der Waals surface area contributed by atoms with E-state index in [1.54, 1.807) is 0 Å². The molecule has 13 rings (SSSR count). The molecule has 0 saturated carbocycles. The molecule has 2 aliphatic rings. The number of aryl methyl sites for hydroxylation is 1. The Bertz CT molecular complexity index is 3330. The highest BCUT2D eigenvalue weighted by atomic mass is 15.1. The van der Waals surface area contributed by atoms with Gasteiger partial charge in [0.05, 0.1) is 10.8 Å². The third-order valence-corrected chi connectivity index (χ3v) is 14.7. The summed E-state index contributed by atoms with van der Waals surface area (Å²) in [5.74, 6) is 0. The van der Waals surface area contributed by atoms with Gasteiger partial charge in [0, 0.05) is 17.1 Å². The summed E-state index contributed by atoms with van der Waals surface area (Å²) in [5, 5.41) is 5.03. The van der Waals surface area contributed by atoms with E-state index in [9.17, 15) is 0 Å². The minimum absolute atomic E-state index is 0.521. The van der Waals surface area contributed by atoms with Gasteiger partial charge in [-0.1, -0.05) is 224 Å². The molecule has 11 aromatic rings. The Kier molecular flexibility index (Phi) is 8.63. The molecule has 66 heavy (non-hydrogen) atoms. The van der Waals surface area contributed by atoms with Crippen molar-refractivity contribution >= 4 is 38.6 Å². The van der Waals surface area contributed by atoms with Gasteiger partial charge in [-0.15, -0.1) is 0 Å². The monoisotopic (exact) mass is 839 g/mol. The number of nitrogens with zero attached hydrogens (tertiary/aromatic N) is 1. The third kappa shape index (κ3) is 5.41. The number of fused-ring (bicyclic) bond motifs is 8. The average Bonchev–Trinajstić information content (AvgIpc) is 3.86. The lowest BCUT2D eigenvalue weighted by Gasteiger charge is -2.36. The van der Waals surface area contributed by atoms with Gasteiger partial charge in [0.2, 0.25) is 0 Å². The number of rotatable bonds is 7. The highest BCUT2D eigenvalue weighted by Crippen LogP contribution is 2.59. The summed E-state index contributed by atoms with van der Waals surface area (Å²) in [5.41, 5.74) is 19.0. The van der Waals surface area contributed by atoms with Crippen LogP contribution in [0.2, 0.25) is 0 Å². The first-order chi connectivity index (χ1) is 32.7. The smallest absolute Gasteiger partial charge is 0.0719 e. The second-order valence-corrected chi connectivity index (χ2v) is 18.0. The Morgan fingerprint density at radius 2 is 0.545 bits per heavy atom. The fourth-order valence-electron chi connectivity index (χ4n) is 12.0. The van der Waals surface area contributed by atoms with Crippen molar-refractivity contribution in [2.45, 2.75) is 17.8 Å². The lowest BCUT2D eigenvalue weighted by atomic mass is 9.66. The zero-order valence-electron chi connectivity index (χ0n) is 36.7. The summed E-state index contributed by atoms with van der Waals surface area (Å²) in [7, 11) is 0. The maximum absolute atomic E-state index is 2.41. The predicted molar refractivity (Wildman–Crippen MR) is 275 cm³/mol. The molecule has 11 aromatic carbocycles. The average molecular weight is 840 g/mol. The van der Waals surface area contributed by atoms with Crippen LogP contribution >= 0.6 is 0 Å². The van der Waals surface area contributed by atoms with Gasteiger partial charge < -0.3 is 4.90 Å². The van der Waals surface area contributed by atoms with Crippen molar-refractivity contribution in [1.82, 2.24) is 0 Å². The van der Waals surface area contributed by atoms with E-state index in [1.807, 2.05) is 0 Å². The summed E-state index contributed by atoms with van der Waals surface area (Å²) in [6, 6.07) is 95.2. The van der Waals surface area contributed by atoms with Gasteiger partial charge in [-0.25, -0.2) is 0 Å². The molecule has 1 nitrogen and oxygen atoms in total. The van der Waals surface area contributed by atoms with Crippen LogP contribution in [-0.4, -0.2) is 0 Å². The second-order valence-electron chi connectivity index (χ2n) is 18.0. The standard InChI is InChI=1S/C65H45N/c1-44-32-38-49(39-33-44)66(50-40-34-47(35-41-50)64(58-30-14-18-45-16-2-4-20-52(45)58)60-26-10-6-22-54(60)55-23-7-11-27-61(55)64)51-42-36-48(37-43-51)65(59-31-15-19-46-17-3-5-21-53(46)59)62-28-12-8-24-56(62)57-25-9-13-29-63(57)65/h2-43H,1H3. The van der Waals surface area contributed by atoms with Crippen LogP contribution in [0.15, 0.2) is 255 Å². The minimum atomic E-state index is -0.521. The number of anilines is 3. The Balaban J connectivity index is 0.999. The van der Waals surface area contributed by atoms with E-state index in [2.05, 4.69) is 267 Å². The van der Waals surface area contributed by atoms with E-state index < -0.39 is 10.8 Å². The van der Waals surface area contributed by atoms with Crippen molar-refractivity contribution in [2.75, 3.05) is 4.90 Å². The van der Waals surface area contributed by atoms with Gasteiger partial charge in [-0.2, -0.15) is 0 Å². The lowest BCUT2D eigenvalue weighted by molar-refractivity contribution is 0.776. The first-order valence-electron chi connectivity index (χ1n) is 23.1.